The number of carbonyl (C=O) groups is 2. The van der Waals surface area contributed by atoms with Crippen molar-refractivity contribution in [3.05, 3.63) is 0 Å². The van der Waals surface area contributed by atoms with E-state index in [1.165, 1.54) is 0 Å². The van der Waals surface area contributed by atoms with E-state index < -0.39 is 0 Å². The molecule has 15 heavy (non-hydrogen) atoms. The quantitative estimate of drug-likeness (QED) is 0.628. The van der Waals surface area contributed by atoms with Crippen molar-refractivity contribution in [1.82, 2.24) is 9.80 Å². The van der Waals surface area contributed by atoms with Crippen molar-refractivity contribution in [3.8, 4) is 0 Å². The highest BCUT2D eigenvalue weighted by molar-refractivity contribution is 5.78. The molecular weight excluding hydrogens is 192 g/mol. The highest BCUT2D eigenvalue weighted by atomic mass is 16.2. The first-order chi connectivity index (χ1) is 7.01. The molecule has 0 aliphatic heterocycles. The third kappa shape index (κ3) is 6.23. The van der Waals surface area contributed by atoms with Crippen molar-refractivity contribution in [3.63, 3.8) is 0 Å². The van der Waals surface area contributed by atoms with Gasteiger partial charge in [-0.25, -0.2) is 0 Å². The molecule has 0 bridgehead atoms. The summed E-state index contributed by atoms with van der Waals surface area (Å²) >= 11 is 0. The zero-order valence-electron chi connectivity index (χ0n) is 10.2. The van der Waals surface area contributed by atoms with E-state index in [1.54, 1.807) is 11.8 Å². The average Bonchev–Trinajstić information content (AvgIpc) is 2.16. The van der Waals surface area contributed by atoms with Crippen LogP contribution < -0.4 is 0 Å². The summed E-state index contributed by atoms with van der Waals surface area (Å²) in [5, 5.41) is 0. The number of hydrogen-bond donors (Lipinski definition) is 0. The third-order valence-corrected chi connectivity index (χ3v) is 2.37. The van der Waals surface area contributed by atoms with Crippen molar-refractivity contribution < 1.29 is 9.59 Å². The maximum atomic E-state index is 11.7. The van der Waals surface area contributed by atoms with Gasteiger partial charge in [-0.05, 0) is 27.8 Å². The fraction of sp³-hybridized carbons (Fsp3) is 0.818. The number of rotatable bonds is 7. The van der Waals surface area contributed by atoms with Crippen molar-refractivity contribution in [2.45, 2.75) is 27.2 Å². The molecular formula is C11H22N2O2. The lowest BCUT2D eigenvalue weighted by Crippen LogP contribution is -2.39. The van der Waals surface area contributed by atoms with Crippen molar-refractivity contribution in [2.24, 2.45) is 0 Å². The Kier molecular flexibility index (Phi) is 6.96. The van der Waals surface area contributed by atoms with Crippen LogP contribution in [-0.2, 0) is 9.59 Å². The van der Waals surface area contributed by atoms with E-state index in [0.29, 0.717) is 19.5 Å². The van der Waals surface area contributed by atoms with Gasteiger partial charge in [-0.3, -0.25) is 14.5 Å². The minimum absolute atomic E-state index is 0.131. The van der Waals surface area contributed by atoms with Crippen molar-refractivity contribution in [1.29, 1.82) is 0 Å². The Balaban J connectivity index is 3.89. The summed E-state index contributed by atoms with van der Waals surface area (Å²) in [5.41, 5.74) is 0. The fourth-order valence-corrected chi connectivity index (χ4v) is 1.33. The van der Waals surface area contributed by atoms with Crippen LogP contribution in [0.3, 0.4) is 0 Å². The molecule has 0 aromatic carbocycles. The first-order valence-corrected chi connectivity index (χ1v) is 5.47. The predicted molar refractivity (Wildman–Crippen MR) is 60.7 cm³/mol. The number of carbonyl (C=O) groups excluding carboxylic acids is 2. The molecule has 0 unspecified atom stereocenters. The van der Waals surface area contributed by atoms with E-state index in [-0.39, 0.29) is 11.7 Å². The third-order valence-electron chi connectivity index (χ3n) is 2.37. The Morgan fingerprint density at radius 1 is 1.13 bits per heavy atom. The lowest BCUT2D eigenvalue weighted by Gasteiger charge is -2.22. The molecule has 0 aliphatic rings. The summed E-state index contributed by atoms with van der Waals surface area (Å²) < 4.78 is 0. The van der Waals surface area contributed by atoms with Crippen LogP contribution in [0.1, 0.15) is 27.2 Å². The normalized spacial score (nSPS) is 10.5. The summed E-state index contributed by atoms with van der Waals surface area (Å²) in [5.74, 6) is 0.295. The standard InChI is InChI=1S/C11H22N2O2/c1-5-13(6-2)11(15)9-12(4)8-7-10(3)14/h5-9H2,1-4H3. The van der Waals surface area contributed by atoms with Gasteiger partial charge in [0.05, 0.1) is 6.54 Å². The second-order valence-electron chi connectivity index (χ2n) is 3.76. The minimum atomic E-state index is 0.131. The largest absolute Gasteiger partial charge is 0.342 e. The molecule has 0 rings (SSSR count). The number of Topliss-reactive ketones (excluding diaryl/α,β-unsaturated/α-hetero) is 1. The summed E-state index contributed by atoms with van der Waals surface area (Å²) in [4.78, 5) is 26.1. The molecule has 4 nitrogen and oxygen atoms in total. The van der Waals surface area contributed by atoms with Gasteiger partial charge in [-0.2, -0.15) is 0 Å². The molecule has 0 heterocycles. The van der Waals surface area contributed by atoms with Gasteiger partial charge in [0.1, 0.15) is 5.78 Å². The van der Waals surface area contributed by atoms with Crippen molar-refractivity contribution >= 4 is 11.7 Å². The highest BCUT2D eigenvalue weighted by Gasteiger charge is 2.12. The van der Waals surface area contributed by atoms with Crippen LogP contribution in [0, 0.1) is 0 Å². The Labute approximate surface area is 92.2 Å². The number of likely N-dealkylation sites (N-methyl/N-ethyl adjacent to an activating group) is 2. The molecule has 0 spiro atoms. The van der Waals surface area contributed by atoms with E-state index in [2.05, 4.69) is 0 Å². The maximum absolute atomic E-state index is 11.7. The van der Waals surface area contributed by atoms with Crippen LogP contribution in [0.5, 0.6) is 0 Å². The number of amides is 1. The van der Waals surface area contributed by atoms with Crippen LogP contribution in [-0.4, -0.2) is 54.7 Å². The van der Waals surface area contributed by atoms with Gasteiger partial charge in [0.25, 0.3) is 0 Å². The Hall–Kier alpha value is -0.900. The molecule has 0 aromatic rings. The lowest BCUT2D eigenvalue weighted by atomic mass is 10.3. The smallest absolute Gasteiger partial charge is 0.236 e. The van der Waals surface area contributed by atoms with Gasteiger partial charge < -0.3 is 4.90 Å². The van der Waals surface area contributed by atoms with Gasteiger partial charge in [0.2, 0.25) is 5.91 Å². The first kappa shape index (κ1) is 14.1. The SMILES string of the molecule is CCN(CC)C(=O)CN(C)CCC(C)=O. The van der Waals surface area contributed by atoms with Gasteiger partial charge in [0, 0.05) is 26.1 Å². The molecule has 4 heteroatoms. The maximum Gasteiger partial charge on any atom is 0.236 e. The number of ketones is 1. The van der Waals surface area contributed by atoms with Crippen LogP contribution in [0.4, 0.5) is 0 Å². The molecule has 0 aliphatic carbocycles. The van der Waals surface area contributed by atoms with E-state index in [0.717, 1.165) is 13.1 Å². The van der Waals surface area contributed by atoms with E-state index in [1.807, 2.05) is 25.8 Å². The van der Waals surface area contributed by atoms with Crippen molar-refractivity contribution in [2.75, 3.05) is 33.2 Å². The topological polar surface area (TPSA) is 40.6 Å². The summed E-state index contributed by atoms with van der Waals surface area (Å²) in [6.45, 7) is 8.05. The Bertz CT molecular complexity index is 213. The summed E-state index contributed by atoms with van der Waals surface area (Å²) in [6.07, 6.45) is 0.516. The lowest BCUT2D eigenvalue weighted by molar-refractivity contribution is -0.132. The summed E-state index contributed by atoms with van der Waals surface area (Å²) in [7, 11) is 1.87. The zero-order chi connectivity index (χ0) is 11.8. The van der Waals surface area contributed by atoms with Crippen LogP contribution in [0.15, 0.2) is 0 Å². The molecule has 88 valence electrons. The molecule has 0 aromatic heterocycles. The Morgan fingerprint density at radius 3 is 2.07 bits per heavy atom. The molecule has 0 saturated carbocycles. The average molecular weight is 214 g/mol. The zero-order valence-corrected chi connectivity index (χ0v) is 10.2. The van der Waals surface area contributed by atoms with Gasteiger partial charge in [-0.1, -0.05) is 0 Å². The second-order valence-corrected chi connectivity index (χ2v) is 3.76. The first-order valence-electron chi connectivity index (χ1n) is 5.47. The summed E-state index contributed by atoms with van der Waals surface area (Å²) in [6, 6.07) is 0. The van der Waals surface area contributed by atoms with Crippen LogP contribution in [0.25, 0.3) is 0 Å². The van der Waals surface area contributed by atoms with Crippen LogP contribution >= 0.6 is 0 Å². The minimum Gasteiger partial charge on any atom is -0.342 e. The predicted octanol–water partition coefficient (Wildman–Crippen LogP) is 0.766. The van der Waals surface area contributed by atoms with Gasteiger partial charge in [0.15, 0.2) is 0 Å². The van der Waals surface area contributed by atoms with Crippen LogP contribution in [0.2, 0.25) is 0 Å². The second kappa shape index (κ2) is 7.40. The highest BCUT2D eigenvalue weighted by Crippen LogP contribution is 1.94. The van der Waals surface area contributed by atoms with E-state index in [4.69, 9.17) is 0 Å². The number of nitrogens with zero attached hydrogens (tertiary/aromatic N) is 2. The van der Waals surface area contributed by atoms with Gasteiger partial charge in [-0.15, -0.1) is 0 Å². The Morgan fingerprint density at radius 2 is 1.67 bits per heavy atom. The molecule has 1 amide bonds. The molecule has 0 saturated heterocycles. The molecule has 0 N–H and O–H groups in total. The van der Waals surface area contributed by atoms with Gasteiger partial charge >= 0.3 is 0 Å². The molecule has 0 atom stereocenters. The molecule has 0 radical (unpaired) electrons. The molecule has 0 fully saturated rings. The number of hydrogen-bond acceptors (Lipinski definition) is 3. The van der Waals surface area contributed by atoms with E-state index >= 15 is 0 Å². The van der Waals surface area contributed by atoms with E-state index in [9.17, 15) is 9.59 Å². The fourth-order valence-electron chi connectivity index (χ4n) is 1.33. The monoisotopic (exact) mass is 214 g/mol.